The standard InChI is InChI=1S/C58H112O6/c1-6-7-8-9-10-11-12-13-17-23-28-33-38-43-48-56(59)62-51-55(64-58(61)50-45-40-35-30-25-20-19-22-27-32-37-42-47-54(4)5)52-63-57(60)49-44-39-34-29-24-18-15-14-16-21-26-31-36-41-46-53(2)3/h53-55H,6-52H2,1-5H3/t55-/m1/s1. The van der Waals surface area contributed by atoms with Crippen LogP contribution in [-0.2, 0) is 28.6 Å². The van der Waals surface area contributed by atoms with Gasteiger partial charge >= 0.3 is 17.9 Å². The Morgan fingerprint density at radius 3 is 0.766 bits per heavy atom. The monoisotopic (exact) mass is 905 g/mol. The van der Waals surface area contributed by atoms with Gasteiger partial charge in [-0.1, -0.05) is 285 Å². The van der Waals surface area contributed by atoms with E-state index in [1.807, 2.05) is 0 Å². The Morgan fingerprint density at radius 2 is 0.516 bits per heavy atom. The molecule has 0 saturated carbocycles. The average Bonchev–Trinajstić information content (AvgIpc) is 3.27. The Kier molecular flexibility index (Phi) is 49.6. The third-order valence-corrected chi connectivity index (χ3v) is 13.2. The van der Waals surface area contributed by atoms with Crippen LogP contribution in [0.2, 0.25) is 0 Å². The molecular weight excluding hydrogens is 793 g/mol. The number of hydrogen-bond donors (Lipinski definition) is 0. The van der Waals surface area contributed by atoms with Crippen LogP contribution in [-0.4, -0.2) is 37.2 Å². The van der Waals surface area contributed by atoms with Gasteiger partial charge in [0.2, 0.25) is 0 Å². The molecule has 0 rings (SSSR count). The zero-order valence-electron chi connectivity index (χ0n) is 43.9. The van der Waals surface area contributed by atoms with Gasteiger partial charge in [0, 0.05) is 19.3 Å². The number of ether oxygens (including phenoxy) is 3. The second kappa shape index (κ2) is 50.8. The summed E-state index contributed by atoms with van der Waals surface area (Å²) in [6, 6.07) is 0. The Morgan fingerprint density at radius 1 is 0.297 bits per heavy atom. The van der Waals surface area contributed by atoms with Crippen LogP contribution < -0.4 is 0 Å². The molecule has 0 aliphatic heterocycles. The lowest BCUT2D eigenvalue weighted by Gasteiger charge is -2.18. The number of unbranched alkanes of at least 4 members (excludes halogenated alkanes) is 37. The summed E-state index contributed by atoms with van der Waals surface area (Å²) in [4.78, 5) is 38.1. The van der Waals surface area contributed by atoms with E-state index in [4.69, 9.17) is 14.2 Å². The first kappa shape index (κ1) is 62.4. The van der Waals surface area contributed by atoms with Gasteiger partial charge in [-0.2, -0.15) is 0 Å². The largest absolute Gasteiger partial charge is 0.462 e. The van der Waals surface area contributed by atoms with Crippen molar-refractivity contribution in [3.63, 3.8) is 0 Å². The number of carbonyl (C=O) groups is 3. The maximum absolute atomic E-state index is 12.8. The van der Waals surface area contributed by atoms with Gasteiger partial charge in [-0.3, -0.25) is 14.4 Å². The van der Waals surface area contributed by atoms with Crippen LogP contribution in [0, 0.1) is 11.8 Å². The predicted octanol–water partition coefficient (Wildman–Crippen LogP) is 18.9. The first-order valence-electron chi connectivity index (χ1n) is 28.7. The molecule has 0 aliphatic rings. The predicted molar refractivity (Wildman–Crippen MR) is 275 cm³/mol. The molecule has 0 unspecified atom stereocenters. The maximum Gasteiger partial charge on any atom is 0.306 e. The molecule has 6 nitrogen and oxygen atoms in total. The Labute approximate surface area is 399 Å². The Hall–Kier alpha value is -1.59. The topological polar surface area (TPSA) is 78.9 Å². The van der Waals surface area contributed by atoms with Crippen LogP contribution in [0.5, 0.6) is 0 Å². The van der Waals surface area contributed by atoms with Crippen molar-refractivity contribution in [3.8, 4) is 0 Å². The van der Waals surface area contributed by atoms with E-state index >= 15 is 0 Å². The van der Waals surface area contributed by atoms with Gasteiger partial charge in [0.15, 0.2) is 6.10 Å². The van der Waals surface area contributed by atoms with Gasteiger partial charge in [0.1, 0.15) is 13.2 Å². The van der Waals surface area contributed by atoms with Crippen LogP contribution in [0.15, 0.2) is 0 Å². The van der Waals surface area contributed by atoms with Crippen molar-refractivity contribution in [1.82, 2.24) is 0 Å². The third kappa shape index (κ3) is 51.4. The smallest absolute Gasteiger partial charge is 0.306 e. The van der Waals surface area contributed by atoms with E-state index in [2.05, 4.69) is 34.6 Å². The normalized spacial score (nSPS) is 12.0. The first-order valence-corrected chi connectivity index (χ1v) is 28.7. The molecule has 0 bridgehead atoms. The zero-order valence-corrected chi connectivity index (χ0v) is 43.9. The van der Waals surface area contributed by atoms with Gasteiger partial charge in [-0.25, -0.2) is 0 Å². The van der Waals surface area contributed by atoms with Crippen LogP contribution >= 0.6 is 0 Å². The third-order valence-electron chi connectivity index (χ3n) is 13.2. The fourth-order valence-electron chi connectivity index (χ4n) is 8.87. The van der Waals surface area contributed by atoms with Crippen molar-refractivity contribution in [1.29, 1.82) is 0 Å². The summed E-state index contributed by atoms with van der Waals surface area (Å²) < 4.78 is 16.9. The summed E-state index contributed by atoms with van der Waals surface area (Å²) in [7, 11) is 0. The average molecular weight is 906 g/mol. The van der Waals surface area contributed by atoms with Crippen LogP contribution in [0.1, 0.15) is 324 Å². The summed E-state index contributed by atoms with van der Waals surface area (Å²) in [6.07, 6.45) is 53.7. The van der Waals surface area contributed by atoms with Crippen molar-refractivity contribution < 1.29 is 28.6 Å². The molecule has 0 fully saturated rings. The highest BCUT2D eigenvalue weighted by molar-refractivity contribution is 5.71. The molecule has 64 heavy (non-hydrogen) atoms. The summed E-state index contributed by atoms with van der Waals surface area (Å²) in [5.41, 5.74) is 0. The molecule has 0 aromatic carbocycles. The fraction of sp³-hybridized carbons (Fsp3) is 0.948. The van der Waals surface area contributed by atoms with Crippen molar-refractivity contribution >= 4 is 17.9 Å². The number of carbonyl (C=O) groups excluding carboxylic acids is 3. The molecule has 0 spiro atoms. The summed E-state index contributed by atoms with van der Waals surface area (Å²) in [5.74, 6) is 0.838. The van der Waals surface area contributed by atoms with Crippen molar-refractivity contribution in [3.05, 3.63) is 0 Å². The van der Waals surface area contributed by atoms with Gasteiger partial charge in [-0.15, -0.1) is 0 Å². The second-order valence-electron chi connectivity index (χ2n) is 20.9. The molecule has 0 aromatic rings. The highest BCUT2D eigenvalue weighted by atomic mass is 16.6. The van der Waals surface area contributed by atoms with Gasteiger partial charge in [0.25, 0.3) is 0 Å². The molecule has 0 N–H and O–H groups in total. The van der Waals surface area contributed by atoms with E-state index in [-0.39, 0.29) is 31.1 Å². The Bertz CT molecular complexity index is 978. The van der Waals surface area contributed by atoms with E-state index in [9.17, 15) is 14.4 Å². The fourth-order valence-corrected chi connectivity index (χ4v) is 8.87. The molecule has 0 aromatic heterocycles. The molecule has 0 heterocycles. The number of esters is 3. The van der Waals surface area contributed by atoms with E-state index in [1.54, 1.807) is 0 Å². The molecule has 1 atom stereocenters. The molecule has 6 heteroatoms. The van der Waals surface area contributed by atoms with Crippen LogP contribution in [0.3, 0.4) is 0 Å². The number of hydrogen-bond acceptors (Lipinski definition) is 6. The summed E-state index contributed by atoms with van der Waals surface area (Å²) in [5, 5.41) is 0. The van der Waals surface area contributed by atoms with Crippen molar-refractivity contribution in [2.75, 3.05) is 13.2 Å². The first-order chi connectivity index (χ1) is 31.2. The minimum absolute atomic E-state index is 0.0627. The second-order valence-corrected chi connectivity index (χ2v) is 20.9. The molecule has 0 radical (unpaired) electrons. The lowest BCUT2D eigenvalue weighted by Crippen LogP contribution is -2.30. The summed E-state index contributed by atoms with van der Waals surface area (Å²) >= 11 is 0. The molecule has 0 saturated heterocycles. The van der Waals surface area contributed by atoms with E-state index in [0.29, 0.717) is 19.3 Å². The highest BCUT2D eigenvalue weighted by Gasteiger charge is 2.19. The Balaban J connectivity index is 4.30. The van der Waals surface area contributed by atoms with Crippen molar-refractivity contribution in [2.45, 2.75) is 330 Å². The maximum atomic E-state index is 12.8. The van der Waals surface area contributed by atoms with Gasteiger partial charge < -0.3 is 14.2 Å². The number of rotatable bonds is 52. The van der Waals surface area contributed by atoms with E-state index < -0.39 is 6.10 Å². The van der Waals surface area contributed by atoms with Crippen LogP contribution in [0.25, 0.3) is 0 Å². The van der Waals surface area contributed by atoms with E-state index in [1.165, 1.54) is 212 Å². The zero-order chi connectivity index (χ0) is 46.8. The van der Waals surface area contributed by atoms with Gasteiger partial charge in [0.05, 0.1) is 0 Å². The molecule has 380 valence electrons. The van der Waals surface area contributed by atoms with Crippen LogP contribution in [0.4, 0.5) is 0 Å². The van der Waals surface area contributed by atoms with E-state index in [0.717, 1.165) is 69.6 Å². The minimum atomic E-state index is -0.762. The quantitative estimate of drug-likeness (QED) is 0.0344. The highest BCUT2D eigenvalue weighted by Crippen LogP contribution is 2.18. The molecule has 0 amide bonds. The lowest BCUT2D eigenvalue weighted by molar-refractivity contribution is -0.167. The summed E-state index contributed by atoms with van der Waals surface area (Å²) in [6.45, 7) is 11.4. The SMILES string of the molecule is CCCCCCCCCCCCCCCCC(=O)OC[C@H](COC(=O)CCCCCCCCCCCCCCCCC(C)C)OC(=O)CCCCCCCCCCCCCCC(C)C. The lowest BCUT2D eigenvalue weighted by atomic mass is 10.0. The molecule has 0 aliphatic carbocycles. The van der Waals surface area contributed by atoms with Crippen molar-refractivity contribution in [2.24, 2.45) is 11.8 Å². The molecular formula is C58H112O6. The minimum Gasteiger partial charge on any atom is -0.462 e. The van der Waals surface area contributed by atoms with Gasteiger partial charge in [-0.05, 0) is 31.1 Å².